The maximum absolute atomic E-state index is 12.2. The molecule has 0 fully saturated rings. The van der Waals surface area contributed by atoms with Crippen molar-refractivity contribution < 1.29 is 0 Å². The molecule has 0 atom stereocenters. The summed E-state index contributed by atoms with van der Waals surface area (Å²) >= 11 is 4.48. The van der Waals surface area contributed by atoms with Gasteiger partial charge in [0, 0.05) is 11.3 Å². The van der Waals surface area contributed by atoms with Gasteiger partial charge in [0.1, 0.15) is 0 Å². The predicted octanol–water partition coefficient (Wildman–Crippen LogP) is 4.44. The first-order valence-electron chi connectivity index (χ1n) is 6.78. The molecular weight excluding hydrogens is 264 g/mol. The Labute approximate surface area is 126 Å². The largest absolute Gasteiger partial charge is 0.289 e. The van der Waals surface area contributed by atoms with Gasteiger partial charge in [0.25, 0.3) is 0 Å². The Hall–Kier alpha value is -1.54. The van der Waals surface area contributed by atoms with Crippen LogP contribution in [-0.2, 0) is 11.2 Å². The zero-order valence-corrected chi connectivity index (χ0v) is 13.1. The highest BCUT2D eigenvalue weighted by Gasteiger charge is 2.20. The number of hydrogen-bond acceptors (Lipinski definition) is 2. The summed E-state index contributed by atoms with van der Waals surface area (Å²) in [5, 5.41) is 0. The van der Waals surface area contributed by atoms with Crippen molar-refractivity contribution in [2.45, 2.75) is 31.9 Å². The van der Waals surface area contributed by atoms with Crippen molar-refractivity contribution in [3.8, 4) is 11.1 Å². The third-order valence-electron chi connectivity index (χ3n) is 3.43. The molecule has 104 valence electrons. The topological polar surface area (TPSA) is 17.1 Å². The molecule has 2 aromatic carbocycles. The van der Waals surface area contributed by atoms with Crippen LogP contribution in [0.2, 0.25) is 0 Å². The molecule has 2 aromatic rings. The molecule has 0 amide bonds. The zero-order valence-electron chi connectivity index (χ0n) is 12.2. The molecular formula is C18H20OS. The van der Waals surface area contributed by atoms with Crippen molar-refractivity contribution in [2.75, 3.05) is 0 Å². The Morgan fingerprint density at radius 1 is 0.900 bits per heavy atom. The summed E-state index contributed by atoms with van der Waals surface area (Å²) in [6.07, 6.45) is 0. The molecule has 1 nitrogen and oxygen atoms in total. The van der Waals surface area contributed by atoms with E-state index >= 15 is 0 Å². The minimum absolute atomic E-state index is 0.0358. The number of hydrogen-bond donors (Lipinski definition) is 1. The Kier molecular flexibility index (Phi) is 4.34. The molecule has 20 heavy (non-hydrogen) atoms. The summed E-state index contributed by atoms with van der Waals surface area (Å²) in [5.74, 6) is 0.626. The minimum atomic E-state index is 0.0358. The summed E-state index contributed by atoms with van der Waals surface area (Å²) in [7, 11) is 0. The van der Waals surface area contributed by atoms with Crippen molar-refractivity contribution in [1.82, 2.24) is 0 Å². The van der Waals surface area contributed by atoms with Gasteiger partial charge in [0.15, 0.2) is 5.43 Å². The molecule has 0 aliphatic rings. The molecule has 0 aliphatic heterocycles. The molecule has 0 N–H and O–H groups in total. The normalized spacial score (nSPS) is 11.4. The summed E-state index contributed by atoms with van der Waals surface area (Å²) in [6.45, 7) is 6.55. The fourth-order valence-electron chi connectivity index (χ4n) is 2.47. The van der Waals surface area contributed by atoms with E-state index < -0.39 is 0 Å². The van der Waals surface area contributed by atoms with Gasteiger partial charge in [-0.1, -0.05) is 63.2 Å². The van der Waals surface area contributed by atoms with Crippen LogP contribution in [-0.4, -0.2) is 0 Å². The molecule has 0 aromatic heterocycles. The van der Waals surface area contributed by atoms with Gasteiger partial charge in [-0.2, -0.15) is 12.6 Å². The SMILES string of the molecule is CC(C)(C)c1cccc(-c2cccccc2=O)c1CS. The van der Waals surface area contributed by atoms with Crippen molar-refractivity contribution >= 4 is 12.6 Å². The Morgan fingerprint density at radius 2 is 1.55 bits per heavy atom. The highest BCUT2D eigenvalue weighted by atomic mass is 32.1. The lowest BCUT2D eigenvalue weighted by molar-refractivity contribution is 0.586. The van der Waals surface area contributed by atoms with Gasteiger partial charge in [0.05, 0.1) is 0 Å². The van der Waals surface area contributed by atoms with E-state index in [1.165, 1.54) is 5.56 Å². The minimum Gasteiger partial charge on any atom is -0.289 e. The summed E-state index contributed by atoms with van der Waals surface area (Å²) in [5.41, 5.74) is 4.21. The molecule has 0 aliphatic carbocycles. The first kappa shape index (κ1) is 14.9. The van der Waals surface area contributed by atoms with E-state index in [2.05, 4.69) is 39.5 Å². The fourth-order valence-corrected chi connectivity index (χ4v) is 2.81. The van der Waals surface area contributed by atoms with Gasteiger partial charge in [-0.15, -0.1) is 0 Å². The van der Waals surface area contributed by atoms with E-state index in [-0.39, 0.29) is 10.8 Å². The summed E-state index contributed by atoms with van der Waals surface area (Å²) in [6, 6.07) is 15.2. The maximum Gasteiger partial charge on any atom is 0.186 e. The van der Waals surface area contributed by atoms with Crippen LogP contribution in [0.4, 0.5) is 0 Å². The van der Waals surface area contributed by atoms with Gasteiger partial charge >= 0.3 is 0 Å². The van der Waals surface area contributed by atoms with Crippen molar-refractivity contribution in [1.29, 1.82) is 0 Å². The second-order valence-electron chi connectivity index (χ2n) is 5.93. The van der Waals surface area contributed by atoms with Gasteiger partial charge in [-0.05, 0) is 28.2 Å². The van der Waals surface area contributed by atoms with E-state index in [1.54, 1.807) is 12.1 Å². The van der Waals surface area contributed by atoms with E-state index in [0.717, 1.165) is 16.7 Å². The molecule has 0 bridgehead atoms. The van der Waals surface area contributed by atoms with Crippen LogP contribution in [0.5, 0.6) is 0 Å². The lowest BCUT2D eigenvalue weighted by Crippen LogP contribution is -2.15. The van der Waals surface area contributed by atoms with E-state index in [1.807, 2.05) is 30.3 Å². The van der Waals surface area contributed by atoms with Crippen LogP contribution in [0.25, 0.3) is 11.1 Å². The summed E-state index contributed by atoms with van der Waals surface area (Å²) < 4.78 is 0. The Bertz CT molecular complexity index is 669. The monoisotopic (exact) mass is 284 g/mol. The van der Waals surface area contributed by atoms with Crippen LogP contribution in [0, 0.1) is 0 Å². The average molecular weight is 284 g/mol. The lowest BCUT2D eigenvalue weighted by Gasteiger charge is -2.24. The highest BCUT2D eigenvalue weighted by molar-refractivity contribution is 7.79. The molecule has 2 heteroatoms. The standard InChI is InChI=1S/C18H20OS/c1-18(2,3)16-10-7-9-13(15(16)12-20)14-8-5-4-6-11-17(14)19/h4-11,20H,12H2,1-3H3. The van der Waals surface area contributed by atoms with Crippen molar-refractivity contribution in [2.24, 2.45) is 0 Å². The Morgan fingerprint density at radius 3 is 2.20 bits per heavy atom. The van der Waals surface area contributed by atoms with Crippen molar-refractivity contribution in [3.63, 3.8) is 0 Å². The number of benzene rings is 1. The van der Waals surface area contributed by atoms with E-state index in [4.69, 9.17) is 0 Å². The first-order chi connectivity index (χ1) is 9.45. The summed E-state index contributed by atoms with van der Waals surface area (Å²) in [4.78, 5) is 12.2. The zero-order chi connectivity index (χ0) is 14.8. The van der Waals surface area contributed by atoms with E-state index in [9.17, 15) is 4.79 Å². The number of rotatable bonds is 2. The van der Waals surface area contributed by atoms with Gasteiger partial charge < -0.3 is 0 Å². The first-order valence-corrected chi connectivity index (χ1v) is 7.41. The molecule has 0 saturated carbocycles. The molecule has 0 radical (unpaired) electrons. The quantitative estimate of drug-likeness (QED) is 0.807. The molecule has 0 spiro atoms. The third kappa shape index (κ3) is 2.96. The highest BCUT2D eigenvalue weighted by Crippen LogP contribution is 2.32. The van der Waals surface area contributed by atoms with Crippen LogP contribution >= 0.6 is 12.6 Å². The van der Waals surface area contributed by atoms with Crippen LogP contribution in [0.15, 0.2) is 53.3 Å². The Balaban J connectivity index is 2.77. The molecule has 0 heterocycles. The van der Waals surface area contributed by atoms with Gasteiger partial charge in [0.2, 0.25) is 0 Å². The number of thiol groups is 1. The van der Waals surface area contributed by atoms with Gasteiger partial charge in [-0.3, -0.25) is 4.79 Å². The molecule has 2 rings (SSSR count). The lowest BCUT2D eigenvalue weighted by atomic mass is 9.81. The fraction of sp³-hybridized carbons (Fsp3) is 0.278. The third-order valence-corrected chi connectivity index (χ3v) is 3.75. The molecule has 0 unspecified atom stereocenters. The molecule has 0 saturated heterocycles. The smallest absolute Gasteiger partial charge is 0.186 e. The van der Waals surface area contributed by atoms with E-state index in [0.29, 0.717) is 5.75 Å². The van der Waals surface area contributed by atoms with Crippen LogP contribution < -0.4 is 5.43 Å². The van der Waals surface area contributed by atoms with Crippen molar-refractivity contribution in [3.05, 3.63) is 69.9 Å². The predicted molar refractivity (Wildman–Crippen MR) is 89.5 cm³/mol. The maximum atomic E-state index is 12.2. The van der Waals surface area contributed by atoms with Gasteiger partial charge in [-0.25, -0.2) is 0 Å². The van der Waals surface area contributed by atoms with Crippen LogP contribution in [0.3, 0.4) is 0 Å². The second kappa shape index (κ2) is 5.84. The second-order valence-corrected chi connectivity index (χ2v) is 6.24. The average Bonchev–Trinajstić information content (AvgIpc) is 2.61. The van der Waals surface area contributed by atoms with Crippen LogP contribution in [0.1, 0.15) is 31.9 Å².